The fourth-order valence-electron chi connectivity index (χ4n) is 3.68. The molecule has 8 nitrogen and oxygen atoms in total. The number of fused-ring (bicyclic) bond motifs is 1. The lowest BCUT2D eigenvalue weighted by Gasteiger charge is -2.30. The highest BCUT2D eigenvalue weighted by atomic mass is 16.4. The molecule has 0 unspecified atom stereocenters. The van der Waals surface area contributed by atoms with E-state index in [-0.39, 0.29) is 18.4 Å². The molecule has 1 saturated carbocycles. The summed E-state index contributed by atoms with van der Waals surface area (Å²) in [5.41, 5.74) is 1.14. The highest BCUT2D eigenvalue weighted by molar-refractivity contribution is 5.79. The third-order valence-corrected chi connectivity index (χ3v) is 5.45. The second-order valence-corrected chi connectivity index (χ2v) is 7.33. The predicted molar refractivity (Wildman–Crippen MR) is 95.3 cm³/mol. The monoisotopic (exact) mass is 368 g/mol. The zero-order valence-corrected chi connectivity index (χ0v) is 14.8. The average Bonchev–Trinajstić information content (AvgIpc) is 3.34. The van der Waals surface area contributed by atoms with E-state index in [9.17, 15) is 9.59 Å². The molecule has 1 aromatic carbocycles. The molecule has 1 amide bonds. The van der Waals surface area contributed by atoms with Crippen molar-refractivity contribution in [2.45, 2.75) is 44.1 Å². The van der Waals surface area contributed by atoms with Crippen LogP contribution in [0, 0.1) is 0 Å². The number of hydrogen-bond acceptors (Lipinski definition) is 6. The summed E-state index contributed by atoms with van der Waals surface area (Å²) in [6.07, 6.45) is 3.85. The first-order valence-corrected chi connectivity index (χ1v) is 9.38. The maximum Gasteiger partial charge on any atom is 0.420 e. The summed E-state index contributed by atoms with van der Waals surface area (Å²) >= 11 is 0. The number of carbonyl (C=O) groups is 1. The minimum Gasteiger partial charge on any atom is -0.425 e. The Labute approximate surface area is 154 Å². The van der Waals surface area contributed by atoms with Crippen molar-refractivity contribution in [3.63, 3.8) is 0 Å². The Morgan fingerprint density at radius 3 is 2.37 bits per heavy atom. The lowest BCUT2D eigenvalue weighted by molar-refractivity contribution is -0.133. The van der Waals surface area contributed by atoms with Gasteiger partial charge in [-0.05, 0) is 37.8 Å². The van der Waals surface area contributed by atoms with E-state index in [4.69, 9.17) is 8.83 Å². The molecule has 1 aliphatic carbocycles. The summed E-state index contributed by atoms with van der Waals surface area (Å²) in [5, 5.41) is 8.35. The van der Waals surface area contributed by atoms with Crippen LogP contribution in [0.4, 0.5) is 0 Å². The minimum absolute atomic E-state index is 0.00704. The van der Waals surface area contributed by atoms with Crippen molar-refractivity contribution in [2.24, 2.45) is 0 Å². The van der Waals surface area contributed by atoms with Crippen LogP contribution >= 0.6 is 0 Å². The lowest BCUT2D eigenvalue weighted by atomic mass is 9.97. The first-order valence-electron chi connectivity index (χ1n) is 9.38. The molecular formula is C19H20N4O4. The van der Waals surface area contributed by atoms with Gasteiger partial charge in [-0.2, -0.15) is 0 Å². The fraction of sp³-hybridized carbons (Fsp3) is 0.474. The molecule has 3 aromatic rings. The molecule has 3 heterocycles. The quantitative estimate of drug-likeness (QED) is 0.701. The van der Waals surface area contributed by atoms with Crippen molar-refractivity contribution < 1.29 is 13.6 Å². The van der Waals surface area contributed by atoms with Gasteiger partial charge in [0.15, 0.2) is 5.58 Å². The number of aromatic nitrogens is 3. The smallest absolute Gasteiger partial charge is 0.420 e. The number of benzene rings is 1. The third-order valence-electron chi connectivity index (χ3n) is 5.45. The molecule has 0 spiro atoms. The van der Waals surface area contributed by atoms with Crippen LogP contribution in [0.5, 0.6) is 0 Å². The topological polar surface area (TPSA) is 94.4 Å². The van der Waals surface area contributed by atoms with Gasteiger partial charge in [0.25, 0.3) is 0 Å². The minimum atomic E-state index is -0.502. The normalized spacial score (nSPS) is 18.3. The lowest BCUT2D eigenvalue weighted by Crippen LogP contribution is -2.40. The van der Waals surface area contributed by atoms with Crippen LogP contribution in [0.15, 0.2) is 37.9 Å². The van der Waals surface area contributed by atoms with E-state index in [1.807, 2.05) is 6.07 Å². The summed E-state index contributed by atoms with van der Waals surface area (Å²) in [7, 11) is 0. The second-order valence-electron chi connectivity index (χ2n) is 7.33. The Morgan fingerprint density at radius 2 is 1.67 bits per heavy atom. The van der Waals surface area contributed by atoms with Gasteiger partial charge in [-0.3, -0.25) is 9.36 Å². The van der Waals surface area contributed by atoms with Crippen molar-refractivity contribution in [3.05, 3.63) is 46.6 Å². The van der Waals surface area contributed by atoms with Crippen LogP contribution in [-0.2, 0) is 11.3 Å². The van der Waals surface area contributed by atoms with Crippen LogP contribution in [0.1, 0.15) is 49.3 Å². The summed E-state index contributed by atoms with van der Waals surface area (Å²) in [4.78, 5) is 26.5. The number of likely N-dealkylation sites (tertiary alicyclic amines) is 1. The van der Waals surface area contributed by atoms with Crippen molar-refractivity contribution in [2.75, 3.05) is 13.1 Å². The van der Waals surface area contributed by atoms with Crippen molar-refractivity contribution in [1.29, 1.82) is 0 Å². The molecule has 1 aliphatic heterocycles. The van der Waals surface area contributed by atoms with Crippen LogP contribution in [0.3, 0.4) is 0 Å². The Morgan fingerprint density at radius 1 is 1.00 bits per heavy atom. The maximum absolute atomic E-state index is 12.7. The number of nitrogens with zero attached hydrogens (tertiary/aromatic N) is 4. The van der Waals surface area contributed by atoms with Gasteiger partial charge in [0.05, 0.1) is 5.52 Å². The van der Waals surface area contributed by atoms with Crippen LogP contribution in [-0.4, -0.2) is 38.7 Å². The molecular weight excluding hydrogens is 348 g/mol. The van der Waals surface area contributed by atoms with Crippen molar-refractivity contribution >= 4 is 17.0 Å². The molecule has 0 radical (unpaired) electrons. The first-order chi connectivity index (χ1) is 13.2. The van der Waals surface area contributed by atoms with Crippen LogP contribution < -0.4 is 5.76 Å². The Kier molecular flexibility index (Phi) is 3.84. The van der Waals surface area contributed by atoms with E-state index in [1.54, 1.807) is 23.1 Å². The molecule has 0 atom stereocenters. The number of rotatable bonds is 4. The number of piperidine rings is 1. The Balaban J connectivity index is 1.24. The molecule has 2 aliphatic rings. The number of para-hydroxylation sites is 2. The largest absolute Gasteiger partial charge is 0.425 e. The van der Waals surface area contributed by atoms with E-state index >= 15 is 0 Å². The predicted octanol–water partition coefficient (Wildman–Crippen LogP) is 2.26. The van der Waals surface area contributed by atoms with E-state index < -0.39 is 5.76 Å². The fourth-order valence-corrected chi connectivity index (χ4v) is 3.68. The molecule has 0 N–H and O–H groups in total. The highest BCUT2D eigenvalue weighted by Gasteiger charge is 2.32. The second kappa shape index (κ2) is 6.37. The zero-order valence-electron chi connectivity index (χ0n) is 14.8. The van der Waals surface area contributed by atoms with E-state index in [1.165, 1.54) is 4.57 Å². The first kappa shape index (κ1) is 16.3. The maximum atomic E-state index is 12.7. The van der Waals surface area contributed by atoms with E-state index in [0.717, 1.165) is 31.6 Å². The van der Waals surface area contributed by atoms with Crippen LogP contribution in [0.25, 0.3) is 11.1 Å². The number of carbonyl (C=O) groups excluding carboxylic acids is 1. The summed E-state index contributed by atoms with van der Waals surface area (Å²) in [6, 6.07) is 7.13. The zero-order chi connectivity index (χ0) is 18.4. The molecule has 5 rings (SSSR count). The number of oxazole rings is 1. The molecule has 2 aromatic heterocycles. The van der Waals surface area contributed by atoms with E-state index in [2.05, 4.69) is 10.2 Å². The van der Waals surface area contributed by atoms with Gasteiger partial charge in [0.1, 0.15) is 6.54 Å². The average molecular weight is 368 g/mol. The van der Waals surface area contributed by atoms with Gasteiger partial charge in [0, 0.05) is 24.9 Å². The highest BCUT2D eigenvalue weighted by Crippen LogP contribution is 2.40. The molecule has 140 valence electrons. The SMILES string of the molecule is O=C(Cn1c(=O)oc2ccccc21)N1CCC(c2nnc(C3CC3)o2)CC1. The van der Waals surface area contributed by atoms with Gasteiger partial charge in [0.2, 0.25) is 17.7 Å². The third kappa shape index (κ3) is 3.05. The van der Waals surface area contributed by atoms with E-state index in [0.29, 0.717) is 36.0 Å². The molecule has 8 heteroatoms. The van der Waals surface area contributed by atoms with Gasteiger partial charge in [-0.25, -0.2) is 4.79 Å². The molecule has 27 heavy (non-hydrogen) atoms. The molecule has 2 fully saturated rings. The standard InChI is InChI=1S/C19H20N4O4/c24-16(11-23-14-3-1-2-4-15(14)26-19(23)25)22-9-7-13(8-10-22)18-21-20-17(27-18)12-5-6-12/h1-4,12-13H,5-11H2. The van der Waals surface area contributed by atoms with Gasteiger partial charge >= 0.3 is 5.76 Å². The van der Waals surface area contributed by atoms with Gasteiger partial charge < -0.3 is 13.7 Å². The Hall–Kier alpha value is -2.90. The molecule has 1 saturated heterocycles. The summed E-state index contributed by atoms with van der Waals surface area (Å²) in [5.74, 6) is 1.53. The van der Waals surface area contributed by atoms with Crippen LogP contribution in [0.2, 0.25) is 0 Å². The van der Waals surface area contributed by atoms with Gasteiger partial charge in [-0.1, -0.05) is 12.1 Å². The number of hydrogen-bond donors (Lipinski definition) is 0. The van der Waals surface area contributed by atoms with Gasteiger partial charge in [-0.15, -0.1) is 10.2 Å². The van der Waals surface area contributed by atoms with Crippen molar-refractivity contribution in [1.82, 2.24) is 19.7 Å². The summed E-state index contributed by atoms with van der Waals surface area (Å²) in [6.45, 7) is 1.23. The Bertz CT molecular complexity index is 1040. The number of amides is 1. The molecule has 0 bridgehead atoms. The summed E-state index contributed by atoms with van der Waals surface area (Å²) < 4.78 is 12.4. The van der Waals surface area contributed by atoms with Crippen molar-refractivity contribution in [3.8, 4) is 0 Å².